The number of rotatable bonds is 4. The van der Waals surface area contributed by atoms with E-state index in [1.165, 1.54) is 4.90 Å². The highest BCUT2D eigenvalue weighted by Gasteiger charge is 2.47. The lowest BCUT2D eigenvalue weighted by Crippen LogP contribution is -2.30. The average Bonchev–Trinajstić information content (AvgIpc) is 3.13. The molecule has 1 atom stereocenters. The van der Waals surface area contributed by atoms with E-state index in [2.05, 4.69) is 0 Å². The van der Waals surface area contributed by atoms with Gasteiger partial charge in [0.05, 0.1) is 11.6 Å². The molecule has 5 heteroatoms. The van der Waals surface area contributed by atoms with E-state index in [9.17, 15) is 14.7 Å². The van der Waals surface area contributed by atoms with Gasteiger partial charge in [0.25, 0.3) is 11.7 Å². The minimum atomic E-state index is -0.758. The zero-order valence-electron chi connectivity index (χ0n) is 19.9. The Labute approximate surface area is 204 Å². The highest BCUT2D eigenvalue weighted by atomic mass is 16.3. The number of Topliss-reactive ketones (excluding diaryl/α,β-unsaturated/α-hetero) is 1. The molecule has 0 radical (unpaired) electrons. The maximum Gasteiger partial charge on any atom is 0.300 e. The molecule has 1 N–H and O–H groups in total. The van der Waals surface area contributed by atoms with Gasteiger partial charge in [-0.1, -0.05) is 72.8 Å². The maximum absolute atomic E-state index is 13.5. The second-order valence-corrected chi connectivity index (χ2v) is 8.97. The molecular formula is C30H26N2O3. The summed E-state index contributed by atoms with van der Waals surface area (Å²) in [5.41, 5.74) is 3.88. The molecule has 5 rings (SSSR count). The van der Waals surface area contributed by atoms with E-state index >= 15 is 0 Å². The van der Waals surface area contributed by atoms with Gasteiger partial charge in [0.15, 0.2) is 0 Å². The second kappa shape index (κ2) is 8.76. The van der Waals surface area contributed by atoms with Crippen LogP contribution in [0.5, 0.6) is 0 Å². The smallest absolute Gasteiger partial charge is 0.300 e. The largest absolute Gasteiger partial charge is 0.507 e. The molecule has 0 bridgehead atoms. The first-order chi connectivity index (χ1) is 16.9. The van der Waals surface area contributed by atoms with Crippen molar-refractivity contribution in [2.75, 3.05) is 23.9 Å². The summed E-state index contributed by atoms with van der Waals surface area (Å²) in [6, 6.07) is 27.7. The van der Waals surface area contributed by atoms with E-state index in [-0.39, 0.29) is 11.3 Å². The van der Waals surface area contributed by atoms with Crippen LogP contribution in [0.1, 0.15) is 22.7 Å². The number of amides is 1. The molecule has 1 fully saturated rings. The number of carbonyl (C=O) groups is 2. The van der Waals surface area contributed by atoms with Crippen molar-refractivity contribution in [3.8, 4) is 0 Å². The van der Waals surface area contributed by atoms with Crippen LogP contribution < -0.4 is 9.80 Å². The third-order valence-corrected chi connectivity index (χ3v) is 6.59. The van der Waals surface area contributed by atoms with Crippen molar-refractivity contribution < 1.29 is 14.7 Å². The molecule has 1 aliphatic rings. The molecule has 5 nitrogen and oxygen atoms in total. The van der Waals surface area contributed by atoms with Crippen molar-refractivity contribution in [2.24, 2.45) is 0 Å². The van der Waals surface area contributed by atoms with E-state index in [4.69, 9.17) is 0 Å². The normalized spacial score (nSPS) is 17.2. The number of anilines is 2. The predicted octanol–water partition coefficient (Wildman–Crippen LogP) is 5.84. The maximum atomic E-state index is 13.5. The molecule has 1 saturated heterocycles. The van der Waals surface area contributed by atoms with Crippen molar-refractivity contribution in [3.05, 3.63) is 113 Å². The standard InChI is InChI=1S/C30H26N2O3/c1-19-9-4-7-14-25(19)32-27(21-15-17-22(18-16-21)31(2)3)26(29(34)30(32)35)28(33)24-13-8-11-20-10-5-6-12-23(20)24/h4-18,27,33H,1-3H3/b28-26-. The Morgan fingerprint density at radius 1 is 0.829 bits per heavy atom. The van der Waals surface area contributed by atoms with Gasteiger partial charge in [-0.2, -0.15) is 0 Å². The van der Waals surface area contributed by atoms with E-state index in [1.807, 2.05) is 111 Å². The number of aliphatic hydroxyl groups excluding tert-OH is 1. The van der Waals surface area contributed by atoms with Gasteiger partial charge < -0.3 is 10.0 Å². The first kappa shape index (κ1) is 22.4. The Balaban J connectivity index is 1.77. The Hall–Kier alpha value is -4.38. The number of fused-ring (bicyclic) bond motifs is 1. The number of hydrogen-bond acceptors (Lipinski definition) is 4. The van der Waals surface area contributed by atoms with Crippen LogP contribution in [0.2, 0.25) is 0 Å². The minimum Gasteiger partial charge on any atom is -0.507 e. The lowest BCUT2D eigenvalue weighted by Gasteiger charge is -2.27. The van der Waals surface area contributed by atoms with Gasteiger partial charge in [0, 0.05) is 31.0 Å². The van der Waals surface area contributed by atoms with Crippen molar-refractivity contribution >= 4 is 39.6 Å². The third kappa shape index (κ3) is 3.75. The molecule has 35 heavy (non-hydrogen) atoms. The second-order valence-electron chi connectivity index (χ2n) is 8.97. The molecule has 4 aromatic rings. The Morgan fingerprint density at radius 3 is 2.20 bits per heavy atom. The molecule has 0 aromatic heterocycles. The average molecular weight is 463 g/mol. The lowest BCUT2D eigenvalue weighted by molar-refractivity contribution is -0.132. The first-order valence-corrected chi connectivity index (χ1v) is 11.5. The van der Waals surface area contributed by atoms with Gasteiger partial charge in [0.2, 0.25) is 0 Å². The number of nitrogens with zero attached hydrogens (tertiary/aromatic N) is 2. The van der Waals surface area contributed by atoms with Crippen LogP contribution in [0.3, 0.4) is 0 Å². The summed E-state index contributed by atoms with van der Waals surface area (Å²) in [6.07, 6.45) is 0. The monoisotopic (exact) mass is 462 g/mol. The predicted molar refractivity (Wildman–Crippen MR) is 141 cm³/mol. The zero-order valence-corrected chi connectivity index (χ0v) is 19.9. The van der Waals surface area contributed by atoms with E-state index in [1.54, 1.807) is 6.07 Å². The van der Waals surface area contributed by atoms with Crippen molar-refractivity contribution in [3.63, 3.8) is 0 Å². The van der Waals surface area contributed by atoms with Crippen LogP contribution in [-0.4, -0.2) is 30.9 Å². The number of hydrogen-bond donors (Lipinski definition) is 1. The van der Waals surface area contributed by atoms with Crippen LogP contribution in [0.15, 0.2) is 96.6 Å². The number of aliphatic hydroxyl groups is 1. The van der Waals surface area contributed by atoms with Gasteiger partial charge >= 0.3 is 0 Å². The fourth-order valence-corrected chi connectivity index (χ4v) is 4.76. The van der Waals surface area contributed by atoms with Crippen LogP contribution in [0.4, 0.5) is 11.4 Å². The minimum absolute atomic E-state index is 0.0900. The molecular weight excluding hydrogens is 436 g/mol. The van der Waals surface area contributed by atoms with Crippen molar-refractivity contribution in [2.45, 2.75) is 13.0 Å². The first-order valence-electron chi connectivity index (χ1n) is 11.5. The van der Waals surface area contributed by atoms with Gasteiger partial charge in [-0.15, -0.1) is 0 Å². The van der Waals surface area contributed by atoms with E-state index in [0.29, 0.717) is 11.3 Å². The summed E-state index contributed by atoms with van der Waals surface area (Å²) in [4.78, 5) is 30.4. The molecule has 1 amide bonds. The Kier molecular flexibility index (Phi) is 5.61. The summed E-state index contributed by atoms with van der Waals surface area (Å²) in [6.45, 7) is 1.91. The van der Waals surface area contributed by atoms with Gasteiger partial charge in [-0.05, 0) is 47.0 Å². The Bertz CT molecular complexity index is 1480. The number of para-hydroxylation sites is 1. The summed E-state index contributed by atoms with van der Waals surface area (Å²) in [5, 5.41) is 13.3. The molecule has 1 aliphatic heterocycles. The van der Waals surface area contributed by atoms with Crippen molar-refractivity contribution in [1.82, 2.24) is 0 Å². The molecule has 1 unspecified atom stereocenters. The Morgan fingerprint density at radius 2 is 1.49 bits per heavy atom. The van der Waals surface area contributed by atoms with Crippen LogP contribution in [-0.2, 0) is 9.59 Å². The SMILES string of the molecule is Cc1ccccc1N1C(=O)C(=O)/C(=C(\O)c2cccc3ccccc23)C1c1ccc(N(C)C)cc1. The van der Waals surface area contributed by atoms with E-state index in [0.717, 1.165) is 27.6 Å². The van der Waals surface area contributed by atoms with E-state index < -0.39 is 17.7 Å². The molecule has 4 aromatic carbocycles. The quantitative estimate of drug-likeness (QED) is 0.235. The molecule has 1 heterocycles. The van der Waals surface area contributed by atoms with Gasteiger partial charge in [0.1, 0.15) is 5.76 Å². The molecule has 174 valence electrons. The third-order valence-electron chi connectivity index (χ3n) is 6.59. The van der Waals surface area contributed by atoms with Crippen LogP contribution in [0, 0.1) is 6.92 Å². The van der Waals surface area contributed by atoms with Crippen LogP contribution in [0.25, 0.3) is 16.5 Å². The lowest BCUT2D eigenvalue weighted by atomic mass is 9.93. The fraction of sp³-hybridized carbons (Fsp3) is 0.133. The topological polar surface area (TPSA) is 60.9 Å². The summed E-state index contributed by atoms with van der Waals surface area (Å²) in [7, 11) is 3.91. The highest BCUT2D eigenvalue weighted by molar-refractivity contribution is 6.52. The fourth-order valence-electron chi connectivity index (χ4n) is 4.76. The number of aryl methyl sites for hydroxylation is 1. The summed E-state index contributed by atoms with van der Waals surface area (Å²) >= 11 is 0. The van der Waals surface area contributed by atoms with Crippen LogP contribution >= 0.6 is 0 Å². The number of carbonyl (C=O) groups excluding carboxylic acids is 2. The molecule has 0 aliphatic carbocycles. The summed E-state index contributed by atoms with van der Waals surface area (Å²) in [5.74, 6) is -1.51. The molecule has 0 saturated carbocycles. The number of benzene rings is 4. The summed E-state index contributed by atoms with van der Waals surface area (Å²) < 4.78 is 0. The van der Waals surface area contributed by atoms with Crippen molar-refractivity contribution in [1.29, 1.82) is 0 Å². The zero-order chi connectivity index (χ0) is 24.7. The van der Waals surface area contributed by atoms with Gasteiger partial charge in [-0.3, -0.25) is 14.5 Å². The number of ketones is 1. The van der Waals surface area contributed by atoms with Gasteiger partial charge in [-0.25, -0.2) is 0 Å². The highest BCUT2D eigenvalue weighted by Crippen LogP contribution is 2.44. The molecule has 0 spiro atoms.